The number of rotatable bonds is 2. The van der Waals surface area contributed by atoms with Gasteiger partial charge in [-0.2, -0.15) is 13.2 Å². The summed E-state index contributed by atoms with van der Waals surface area (Å²) in [5.74, 6) is -0.430. The van der Waals surface area contributed by atoms with Gasteiger partial charge in [0.25, 0.3) is 5.56 Å². The van der Waals surface area contributed by atoms with Gasteiger partial charge >= 0.3 is 12.3 Å². The van der Waals surface area contributed by atoms with Crippen molar-refractivity contribution in [1.82, 2.24) is 9.88 Å². The summed E-state index contributed by atoms with van der Waals surface area (Å²) in [6, 6.07) is 11.0. The van der Waals surface area contributed by atoms with Crippen LogP contribution in [0.4, 0.5) is 23.7 Å². The molecular formula is C21H16F3N3O4. The van der Waals surface area contributed by atoms with Crippen molar-refractivity contribution in [3.63, 3.8) is 0 Å². The predicted molar refractivity (Wildman–Crippen MR) is 107 cm³/mol. The van der Waals surface area contributed by atoms with E-state index in [2.05, 4.69) is 4.98 Å². The van der Waals surface area contributed by atoms with Crippen LogP contribution in [0, 0.1) is 0 Å². The van der Waals surface area contributed by atoms with Crippen molar-refractivity contribution in [2.45, 2.75) is 6.18 Å². The number of carboxylic acid groups (broad SMARTS) is 1. The second-order valence-electron chi connectivity index (χ2n) is 7.08. The lowest BCUT2D eigenvalue weighted by atomic mass is 10.0. The van der Waals surface area contributed by atoms with Crippen LogP contribution in [0.3, 0.4) is 0 Å². The SMILES string of the molecule is O=C(O)N1CCN(c2ccc3cc(-c4ccccc4C(F)(F)F)[nH]c(=O)c3c2)C(=O)C1. The summed E-state index contributed by atoms with van der Waals surface area (Å²) in [4.78, 5) is 40.9. The predicted octanol–water partition coefficient (Wildman–Crippen LogP) is 3.54. The molecule has 2 amide bonds. The summed E-state index contributed by atoms with van der Waals surface area (Å²) < 4.78 is 40.1. The van der Waals surface area contributed by atoms with Crippen LogP contribution in [0.15, 0.2) is 53.3 Å². The molecule has 10 heteroatoms. The highest BCUT2D eigenvalue weighted by atomic mass is 19.4. The van der Waals surface area contributed by atoms with Crippen molar-refractivity contribution >= 4 is 28.5 Å². The first kappa shape index (κ1) is 20.5. The molecule has 2 N–H and O–H groups in total. The van der Waals surface area contributed by atoms with Gasteiger partial charge in [0, 0.05) is 35.4 Å². The summed E-state index contributed by atoms with van der Waals surface area (Å²) in [5.41, 5.74) is -1.15. The number of alkyl halides is 3. The molecule has 1 aromatic heterocycles. The second kappa shape index (κ2) is 7.46. The van der Waals surface area contributed by atoms with Gasteiger partial charge in [-0.15, -0.1) is 0 Å². The van der Waals surface area contributed by atoms with Crippen LogP contribution in [0.2, 0.25) is 0 Å². The number of amides is 2. The number of aromatic nitrogens is 1. The molecule has 4 rings (SSSR count). The smallest absolute Gasteiger partial charge is 0.417 e. The van der Waals surface area contributed by atoms with Gasteiger partial charge in [0.05, 0.1) is 5.56 Å². The van der Waals surface area contributed by atoms with Gasteiger partial charge in [-0.05, 0) is 29.7 Å². The van der Waals surface area contributed by atoms with Crippen LogP contribution < -0.4 is 10.5 Å². The molecule has 0 atom stereocenters. The number of hydrogen-bond acceptors (Lipinski definition) is 3. The number of anilines is 1. The maximum atomic E-state index is 13.4. The molecule has 0 aliphatic carbocycles. The van der Waals surface area contributed by atoms with E-state index in [9.17, 15) is 27.6 Å². The minimum atomic E-state index is -4.58. The maximum absolute atomic E-state index is 13.4. The van der Waals surface area contributed by atoms with Gasteiger partial charge in [-0.3, -0.25) is 14.5 Å². The number of hydrogen-bond donors (Lipinski definition) is 2. The van der Waals surface area contributed by atoms with E-state index in [1.165, 1.54) is 35.2 Å². The van der Waals surface area contributed by atoms with Gasteiger partial charge in [-0.25, -0.2) is 4.79 Å². The topological polar surface area (TPSA) is 93.7 Å². The largest absolute Gasteiger partial charge is 0.465 e. The Kier molecular flexibility index (Phi) is 4.92. The van der Waals surface area contributed by atoms with Crippen molar-refractivity contribution < 1.29 is 27.9 Å². The first-order valence-electron chi connectivity index (χ1n) is 9.27. The van der Waals surface area contributed by atoms with Gasteiger partial charge in [0.15, 0.2) is 0 Å². The second-order valence-corrected chi connectivity index (χ2v) is 7.08. The standard InChI is InChI=1S/C21H16F3N3O4/c22-21(23,24)16-4-2-1-3-14(16)17-9-12-5-6-13(10-15(12)19(29)25-17)27-8-7-26(20(30)31)11-18(27)28/h1-6,9-10H,7-8,11H2,(H,25,29)(H,30,31). The van der Waals surface area contributed by atoms with Crippen LogP contribution in [0.5, 0.6) is 0 Å². The Balaban J connectivity index is 1.73. The number of H-pyrrole nitrogens is 1. The molecule has 1 aliphatic rings. The summed E-state index contributed by atoms with van der Waals surface area (Å²) in [6.07, 6.45) is -5.76. The fourth-order valence-corrected chi connectivity index (χ4v) is 3.64. The Hall–Kier alpha value is -3.82. The molecule has 160 valence electrons. The first-order chi connectivity index (χ1) is 14.6. The van der Waals surface area contributed by atoms with E-state index in [1.807, 2.05) is 0 Å². The molecule has 0 bridgehead atoms. The number of carbonyl (C=O) groups excluding carboxylic acids is 1. The van der Waals surface area contributed by atoms with E-state index in [1.54, 1.807) is 12.1 Å². The number of nitrogens with one attached hydrogen (secondary N) is 1. The molecule has 3 aromatic rings. The molecule has 0 saturated carbocycles. The molecule has 1 saturated heterocycles. The first-order valence-corrected chi connectivity index (χ1v) is 9.27. The number of nitrogens with zero attached hydrogens (tertiary/aromatic N) is 2. The highest BCUT2D eigenvalue weighted by Crippen LogP contribution is 2.36. The van der Waals surface area contributed by atoms with Crippen molar-refractivity contribution in [3.8, 4) is 11.3 Å². The van der Waals surface area contributed by atoms with E-state index in [0.29, 0.717) is 11.1 Å². The van der Waals surface area contributed by atoms with Crippen LogP contribution in [0.1, 0.15) is 5.56 Å². The van der Waals surface area contributed by atoms with Crippen LogP contribution in [-0.4, -0.2) is 46.6 Å². The lowest BCUT2D eigenvalue weighted by Gasteiger charge is -2.32. The fraction of sp³-hybridized carbons (Fsp3) is 0.190. The summed E-state index contributed by atoms with van der Waals surface area (Å²) >= 11 is 0. The third kappa shape index (κ3) is 3.83. The third-order valence-electron chi connectivity index (χ3n) is 5.16. The lowest BCUT2D eigenvalue weighted by Crippen LogP contribution is -2.52. The monoisotopic (exact) mass is 431 g/mol. The highest BCUT2D eigenvalue weighted by molar-refractivity contribution is 5.99. The van der Waals surface area contributed by atoms with Gasteiger partial charge in [0.1, 0.15) is 6.54 Å². The number of pyridine rings is 1. The fourth-order valence-electron chi connectivity index (χ4n) is 3.64. The molecule has 0 unspecified atom stereocenters. The number of halogens is 3. The quantitative estimate of drug-likeness (QED) is 0.649. The maximum Gasteiger partial charge on any atom is 0.417 e. The molecular weight excluding hydrogens is 415 g/mol. The van der Waals surface area contributed by atoms with E-state index < -0.39 is 29.3 Å². The van der Waals surface area contributed by atoms with Crippen molar-refractivity contribution in [1.29, 1.82) is 0 Å². The lowest BCUT2D eigenvalue weighted by molar-refractivity contribution is -0.137. The van der Waals surface area contributed by atoms with Gasteiger partial charge in [0.2, 0.25) is 5.91 Å². The number of fused-ring (bicyclic) bond motifs is 1. The molecule has 1 fully saturated rings. The van der Waals surface area contributed by atoms with Gasteiger partial charge in [-0.1, -0.05) is 24.3 Å². The third-order valence-corrected chi connectivity index (χ3v) is 5.16. The Morgan fingerprint density at radius 3 is 2.45 bits per heavy atom. The highest BCUT2D eigenvalue weighted by Gasteiger charge is 2.33. The van der Waals surface area contributed by atoms with E-state index in [0.717, 1.165) is 11.0 Å². The molecule has 7 nitrogen and oxygen atoms in total. The Labute approximate surface area is 173 Å². The van der Waals surface area contributed by atoms with Crippen LogP contribution >= 0.6 is 0 Å². The minimum Gasteiger partial charge on any atom is -0.465 e. The number of piperazine rings is 1. The van der Waals surface area contributed by atoms with E-state index in [-0.39, 0.29) is 36.3 Å². The van der Waals surface area contributed by atoms with Crippen molar-refractivity contribution in [2.24, 2.45) is 0 Å². The zero-order valence-corrected chi connectivity index (χ0v) is 15.9. The molecule has 2 heterocycles. The van der Waals surface area contributed by atoms with Gasteiger partial charge < -0.3 is 15.0 Å². The van der Waals surface area contributed by atoms with Crippen LogP contribution in [0.25, 0.3) is 22.0 Å². The summed E-state index contributed by atoms with van der Waals surface area (Å²) in [6.45, 7) is -0.0366. The average molecular weight is 431 g/mol. The number of carbonyl (C=O) groups is 2. The Morgan fingerprint density at radius 2 is 1.77 bits per heavy atom. The number of aromatic amines is 1. The number of benzene rings is 2. The zero-order chi connectivity index (χ0) is 22.3. The Morgan fingerprint density at radius 1 is 1.03 bits per heavy atom. The Bertz CT molecular complexity index is 1250. The summed E-state index contributed by atoms with van der Waals surface area (Å²) in [5, 5.41) is 9.64. The van der Waals surface area contributed by atoms with Crippen molar-refractivity contribution in [2.75, 3.05) is 24.5 Å². The molecule has 0 radical (unpaired) electrons. The molecule has 1 aliphatic heterocycles. The molecule has 0 spiro atoms. The minimum absolute atomic E-state index is 0.0318. The molecule has 2 aromatic carbocycles. The average Bonchev–Trinajstić information content (AvgIpc) is 2.73. The van der Waals surface area contributed by atoms with Crippen LogP contribution in [-0.2, 0) is 11.0 Å². The zero-order valence-electron chi connectivity index (χ0n) is 15.9. The summed E-state index contributed by atoms with van der Waals surface area (Å²) in [7, 11) is 0. The van der Waals surface area contributed by atoms with Crippen molar-refractivity contribution in [3.05, 3.63) is 64.4 Å². The van der Waals surface area contributed by atoms with E-state index >= 15 is 0 Å². The van der Waals surface area contributed by atoms with E-state index in [4.69, 9.17) is 5.11 Å². The normalized spacial score (nSPS) is 14.9. The molecule has 31 heavy (non-hydrogen) atoms.